The Kier molecular flexibility index (Phi) is 8.54. The Morgan fingerprint density at radius 2 is 2.08 bits per heavy atom. The third-order valence-electron chi connectivity index (χ3n) is 1.23. The van der Waals surface area contributed by atoms with Crippen LogP contribution in [0.25, 0.3) is 0 Å². The van der Waals surface area contributed by atoms with Gasteiger partial charge >= 0.3 is 0 Å². The second kappa shape index (κ2) is 8.77. The smallest absolute Gasteiger partial charge is 0.219 e. The van der Waals surface area contributed by atoms with Crippen molar-refractivity contribution in [2.24, 2.45) is 0 Å². The average Bonchev–Trinajstić information content (AvgIpc) is 2.10. The first-order chi connectivity index (χ1) is 5.81. The van der Waals surface area contributed by atoms with Crippen LogP contribution in [0.1, 0.15) is 13.3 Å². The highest BCUT2D eigenvalue weighted by Gasteiger charge is 1.94. The van der Waals surface area contributed by atoms with E-state index in [4.69, 9.17) is 16.5 Å². The predicted octanol–water partition coefficient (Wildman–Crippen LogP) is 0.273. The molecule has 0 saturated carbocycles. The molecule has 0 fully saturated rings. The first-order valence-electron chi connectivity index (χ1n) is 3.99. The Morgan fingerprint density at radius 3 is 2.67 bits per heavy atom. The first kappa shape index (κ1) is 11.7. The fourth-order valence-corrected chi connectivity index (χ4v) is 0.678. The molecule has 0 unspecified atom stereocenters. The summed E-state index contributed by atoms with van der Waals surface area (Å²) in [6.45, 7) is 4.08. The van der Waals surface area contributed by atoms with Crippen LogP contribution in [0.2, 0.25) is 0 Å². The maximum atomic E-state index is 10.7. The SMILES string of the molecule is CCC(=O)NCCOCCNCl. The average molecular weight is 195 g/mol. The zero-order valence-corrected chi connectivity index (χ0v) is 7.99. The Morgan fingerprint density at radius 1 is 1.42 bits per heavy atom. The quantitative estimate of drug-likeness (QED) is 0.452. The summed E-state index contributed by atoms with van der Waals surface area (Å²) in [4.78, 5) is 13.1. The molecule has 0 bridgehead atoms. The van der Waals surface area contributed by atoms with Crippen LogP contribution in [-0.4, -0.2) is 32.2 Å². The van der Waals surface area contributed by atoms with Crippen molar-refractivity contribution in [2.45, 2.75) is 13.3 Å². The molecule has 0 aliphatic carbocycles. The third-order valence-corrected chi connectivity index (χ3v) is 1.42. The molecule has 0 rings (SSSR count). The van der Waals surface area contributed by atoms with Crippen molar-refractivity contribution in [3.63, 3.8) is 0 Å². The monoisotopic (exact) mass is 194 g/mol. The molecule has 0 aromatic heterocycles. The molecule has 1 amide bonds. The Balaban J connectivity index is 2.95. The van der Waals surface area contributed by atoms with E-state index in [-0.39, 0.29) is 5.91 Å². The van der Waals surface area contributed by atoms with Gasteiger partial charge in [-0.3, -0.25) is 4.79 Å². The third kappa shape index (κ3) is 7.78. The van der Waals surface area contributed by atoms with Gasteiger partial charge in [0.2, 0.25) is 5.91 Å². The molecule has 0 saturated heterocycles. The van der Waals surface area contributed by atoms with Crippen LogP contribution in [0, 0.1) is 0 Å². The minimum Gasteiger partial charge on any atom is -0.378 e. The summed E-state index contributed by atoms with van der Waals surface area (Å²) in [6.07, 6.45) is 0.517. The first-order valence-corrected chi connectivity index (χ1v) is 4.37. The number of amides is 1. The molecule has 0 spiro atoms. The van der Waals surface area contributed by atoms with Gasteiger partial charge in [-0.2, -0.15) is 0 Å². The van der Waals surface area contributed by atoms with Gasteiger partial charge in [0, 0.05) is 19.5 Å². The van der Waals surface area contributed by atoms with Gasteiger partial charge in [0.05, 0.1) is 13.2 Å². The van der Waals surface area contributed by atoms with Crippen molar-refractivity contribution >= 4 is 17.7 Å². The Bertz CT molecular complexity index is 122. The van der Waals surface area contributed by atoms with Crippen molar-refractivity contribution in [1.29, 1.82) is 0 Å². The van der Waals surface area contributed by atoms with Gasteiger partial charge in [-0.25, -0.2) is 4.84 Å². The van der Waals surface area contributed by atoms with Gasteiger partial charge in [-0.15, -0.1) is 0 Å². The molecule has 0 atom stereocenters. The lowest BCUT2D eigenvalue weighted by Crippen LogP contribution is -2.27. The van der Waals surface area contributed by atoms with Crippen LogP contribution < -0.4 is 10.2 Å². The number of rotatable bonds is 7. The normalized spacial score (nSPS) is 9.83. The van der Waals surface area contributed by atoms with Crippen LogP contribution in [0.4, 0.5) is 0 Å². The van der Waals surface area contributed by atoms with Gasteiger partial charge in [0.15, 0.2) is 0 Å². The maximum Gasteiger partial charge on any atom is 0.219 e. The molecule has 0 aliphatic heterocycles. The minimum absolute atomic E-state index is 0.0501. The topological polar surface area (TPSA) is 50.4 Å². The second-order valence-corrected chi connectivity index (χ2v) is 2.47. The van der Waals surface area contributed by atoms with Crippen LogP contribution >= 0.6 is 11.8 Å². The van der Waals surface area contributed by atoms with E-state index in [0.717, 1.165) is 0 Å². The van der Waals surface area contributed by atoms with Crippen molar-refractivity contribution in [3.8, 4) is 0 Å². The number of carbonyl (C=O) groups is 1. The summed E-state index contributed by atoms with van der Waals surface area (Å²) in [5.41, 5.74) is 0. The fraction of sp³-hybridized carbons (Fsp3) is 0.857. The molecule has 12 heavy (non-hydrogen) atoms. The summed E-state index contributed by atoms with van der Waals surface area (Å²) in [7, 11) is 0. The number of nitrogens with one attached hydrogen (secondary N) is 2. The summed E-state index contributed by atoms with van der Waals surface area (Å²) in [6, 6.07) is 0. The Labute approximate surface area is 77.7 Å². The molecule has 72 valence electrons. The fourth-order valence-electron chi connectivity index (χ4n) is 0.600. The van der Waals surface area contributed by atoms with E-state index in [9.17, 15) is 4.79 Å². The van der Waals surface area contributed by atoms with E-state index >= 15 is 0 Å². The van der Waals surface area contributed by atoms with Gasteiger partial charge in [-0.05, 0) is 11.8 Å². The van der Waals surface area contributed by atoms with Gasteiger partial charge in [0.25, 0.3) is 0 Å². The molecule has 0 heterocycles. The molecule has 4 nitrogen and oxygen atoms in total. The highest BCUT2D eigenvalue weighted by molar-refractivity contribution is 6.13. The van der Waals surface area contributed by atoms with Crippen LogP contribution in [0.3, 0.4) is 0 Å². The standard InChI is InChI=1S/C7H15ClN2O2/c1-2-7(11)9-3-5-12-6-4-10-8/h10H,2-6H2,1H3,(H,9,11). The molecule has 0 aromatic carbocycles. The lowest BCUT2D eigenvalue weighted by molar-refractivity contribution is -0.121. The minimum atomic E-state index is 0.0501. The van der Waals surface area contributed by atoms with E-state index in [1.54, 1.807) is 0 Å². The number of carbonyl (C=O) groups excluding carboxylic acids is 1. The van der Waals surface area contributed by atoms with Gasteiger partial charge in [-0.1, -0.05) is 6.92 Å². The van der Waals surface area contributed by atoms with E-state index in [2.05, 4.69) is 10.2 Å². The highest BCUT2D eigenvalue weighted by Crippen LogP contribution is 1.76. The zero-order chi connectivity index (χ0) is 9.23. The van der Waals surface area contributed by atoms with Gasteiger partial charge in [0.1, 0.15) is 0 Å². The lowest BCUT2D eigenvalue weighted by Gasteiger charge is -2.04. The zero-order valence-electron chi connectivity index (χ0n) is 7.23. The lowest BCUT2D eigenvalue weighted by atomic mass is 10.4. The molecule has 2 N–H and O–H groups in total. The van der Waals surface area contributed by atoms with E-state index in [1.165, 1.54) is 0 Å². The van der Waals surface area contributed by atoms with Gasteiger partial charge < -0.3 is 10.1 Å². The van der Waals surface area contributed by atoms with Crippen molar-refractivity contribution in [3.05, 3.63) is 0 Å². The molecule has 0 aliphatic rings. The number of hydrogen-bond donors (Lipinski definition) is 2. The molecule has 5 heteroatoms. The number of hydrogen-bond acceptors (Lipinski definition) is 3. The van der Waals surface area contributed by atoms with E-state index in [1.807, 2.05) is 6.92 Å². The van der Waals surface area contributed by atoms with Crippen molar-refractivity contribution in [2.75, 3.05) is 26.3 Å². The summed E-state index contributed by atoms with van der Waals surface area (Å²) < 4.78 is 5.11. The van der Waals surface area contributed by atoms with Crippen LogP contribution in [0.15, 0.2) is 0 Å². The summed E-state index contributed by atoms with van der Waals surface area (Å²) >= 11 is 5.19. The Hall–Kier alpha value is -0.320. The summed E-state index contributed by atoms with van der Waals surface area (Å²) in [5, 5.41) is 2.69. The largest absolute Gasteiger partial charge is 0.378 e. The van der Waals surface area contributed by atoms with Crippen molar-refractivity contribution in [1.82, 2.24) is 10.2 Å². The maximum absolute atomic E-state index is 10.7. The molecular weight excluding hydrogens is 180 g/mol. The molecule has 0 radical (unpaired) electrons. The molecular formula is C7H15ClN2O2. The highest BCUT2D eigenvalue weighted by atomic mass is 35.5. The number of ether oxygens (including phenoxy) is 1. The van der Waals surface area contributed by atoms with E-state index in [0.29, 0.717) is 32.7 Å². The van der Waals surface area contributed by atoms with Crippen LogP contribution in [0.5, 0.6) is 0 Å². The molecule has 0 aromatic rings. The van der Waals surface area contributed by atoms with E-state index < -0.39 is 0 Å². The number of halogens is 1. The van der Waals surface area contributed by atoms with Crippen molar-refractivity contribution < 1.29 is 9.53 Å². The van der Waals surface area contributed by atoms with Crippen LogP contribution in [-0.2, 0) is 9.53 Å². The second-order valence-electron chi connectivity index (χ2n) is 2.20. The predicted molar refractivity (Wildman–Crippen MR) is 48.0 cm³/mol. The summed E-state index contributed by atoms with van der Waals surface area (Å²) in [5.74, 6) is 0.0501.